The van der Waals surface area contributed by atoms with Crippen LogP contribution >= 0.6 is 0 Å². The first-order valence-corrected chi connectivity index (χ1v) is 13.8. The number of amides is 1. The molecule has 7 heteroatoms. The summed E-state index contributed by atoms with van der Waals surface area (Å²) in [5.41, 5.74) is 15.5. The van der Waals surface area contributed by atoms with Crippen molar-refractivity contribution >= 4 is 22.4 Å². The number of benzene rings is 4. The highest BCUT2D eigenvalue weighted by Crippen LogP contribution is 2.46. The maximum absolute atomic E-state index is 13.5. The number of allylic oxidation sites excluding steroid dienone is 2. The topological polar surface area (TPSA) is 96.4 Å². The Morgan fingerprint density at radius 3 is 2.48 bits per heavy atom. The van der Waals surface area contributed by atoms with E-state index in [1.807, 2.05) is 73.7 Å². The summed E-state index contributed by atoms with van der Waals surface area (Å²) in [5, 5.41) is 0.556. The van der Waals surface area contributed by atoms with Gasteiger partial charge < -0.3 is 15.2 Å². The highest BCUT2D eigenvalue weighted by Gasteiger charge is 2.29. The zero-order valence-electron chi connectivity index (χ0n) is 24.0. The molecule has 0 aliphatic heterocycles. The van der Waals surface area contributed by atoms with Crippen LogP contribution in [0.25, 0.3) is 33.3 Å². The smallest absolute Gasteiger partial charge is 0.265 e. The van der Waals surface area contributed by atoms with Gasteiger partial charge in [0.15, 0.2) is 0 Å². The lowest BCUT2D eigenvalue weighted by Crippen LogP contribution is -2.20. The van der Waals surface area contributed by atoms with Gasteiger partial charge in [-0.1, -0.05) is 42.0 Å². The van der Waals surface area contributed by atoms with E-state index in [2.05, 4.69) is 18.8 Å². The summed E-state index contributed by atoms with van der Waals surface area (Å²) < 4.78 is 13.2. The van der Waals surface area contributed by atoms with Crippen molar-refractivity contribution in [1.82, 2.24) is 9.55 Å². The minimum absolute atomic E-state index is 0.134. The molecule has 1 aliphatic rings. The number of carbonyl (C=O) groups is 1. The van der Waals surface area contributed by atoms with E-state index in [0.717, 1.165) is 50.4 Å². The molecule has 1 amide bonds. The van der Waals surface area contributed by atoms with Crippen LogP contribution in [0.4, 0.5) is 0 Å². The van der Waals surface area contributed by atoms with Gasteiger partial charge in [-0.15, -0.1) is 0 Å². The van der Waals surface area contributed by atoms with Crippen LogP contribution in [0.2, 0.25) is 0 Å². The van der Waals surface area contributed by atoms with Crippen molar-refractivity contribution in [3.63, 3.8) is 0 Å². The Morgan fingerprint density at radius 1 is 0.976 bits per heavy atom. The van der Waals surface area contributed by atoms with Gasteiger partial charge in [-0.2, -0.15) is 0 Å². The lowest BCUT2D eigenvalue weighted by atomic mass is 9.88. The molecular weight excluding hydrogens is 526 g/mol. The Hall–Kier alpha value is -5.17. The van der Waals surface area contributed by atoms with Crippen LogP contribution in [0.1, 0.15) is 46.5 Å². The number of nitrogens with two attached hydrogens (primary N) is 1. The Kier molecular flexibility index (Phi) is 6.86. The van der Waals surface area contributed by atoms with Gasteiger partial charge >= 0.3 is 0 Å². The fourth-order valence-corrected chi connectivity index (χ4v) is 5.82. The summed E-state index contributed by atoms with van der Waals surface area (Å²) in [6, 6.07) is 22.7. The van der Waals surface area contributed by atoms with Crippen LogP contribution in [0.3, 0.4) is 0 Å². The summed E-state index contributed by atoms with van der Waals surface area (Å²) in [6.45, 7) is 6.40. The van der Waals surface area contributed by atoms with Gasteiger partial charge in [0.1, 0.15) is 24.4 Å². The van der Waals surface area contributed by atoms with Gasteiger partial charge in [0.05, 0.1) is 29.3 Å². The van der Waals surface area contributed by atoms with Crippen LogP contribution in [-0.4, -0.2) is 22.6 Å². The fourth-order valence-electron chi connectivity index (χ4n) is 5.82. The molecule has 42 heavy (non-hydrogen) atoms. The second-order valence-electron chi connectivity index (χ2n) is 10.6. The van der Waals surface area contributed by atoms with E-state index in [4.69, 9.17) is 15.2 Å². The van der Waals surface area contributed by atoms with Crippen molar-refractivity contribution in [2.45, 2.75) is 33.8 Å². The molecule has 2 N–H and O–H groups in total. The second kappa shape index (κ2) is 10.7. The Balaban J connectivity index is 1.52. The molecule has 1 aromatic heterocycles. The zero-order valence-corrected chi connectivity index (χ0v) is 24.0. The Labute approximate surface area is 243 Å². The molecule has 0 spiro atoms. The molecule has 5 aromatic rings. The van der Waals surface area contributed by atoms with E-state index in [0.29, 0.717) is 28.6 Å². The summed E-state index contributed by atoms with van der Waals surface area (Å²) >= 11 is 0. The lowest BCUT2D eigenvalue weighted by molar-refractivity contribution is 0.0995. The van der Waals surface area contributed by atoms with Crippen molar-refractivity contribution in [1.29, 1.82) is 0 Å². The summed E-state index contributed by atoms with van der Waals surface area (Å²) in [7, 11) is 1.62. The van der Waals surface area contributed by atoms with E-state index in [1.165, 1.54) is 5.57 Å². The molecule has 0 radical (unpaired) electrons. The molecule has 0 fully saturated rings. The number of aromatic nitrogens is 2. The third-order valence-corrected chi connectivity index (χ3v) is 8.17. The van der Waals surface area contributed by atoms with Gasteiger partial charge in [0.25, 0.3) is 11.5 Å². The van der Waals surface area contributed by atoms with E-state index in [-0.39, 0.29) is 12.2 Å². The van der Waals surface area contributed by atoms with E-state index >= 15 is 0 Å². The highest BCUT2D eigenvalue weighted by molar-refractivity contribution is 6.03. The van der Waals surface area contributed by atoms with Gasteiger partial charge in [0.2, 0.25) is 0 Å². The zero-order chi connectivity index (χ0) is 29.5. The first-order chi connectivity index (χ1) is 20.3. The normalized spacial score (nSPS) is 12.5. The Bertz CT molecular complexity index is 1970. The average Bonchev–Trinajstić information content (AvgIpc) is 3.29. The lowest BCUT2D eigenvalue weighted by Gasteiger charge is -2.21. The van der Waals surface area contributed by atoms with Gasteiger partial charge in [-0.05, 0) is 103 Å². The largest absolute Gasteiger partial charge is 0.497 e. The maximum Gasteiger partial charge on any atom is 0.265 e. The van der Waals surface area contributed by atoms with Crippen molar-refractivity contribution in [3.05, 3.63) is 123 Å². The van der Waals surface area contributed by atoms with Gasteiger partial charge in [-0.3, -0.25) is 14.2 Å². The van der Waals surface area contributed by atoms with E-state index in [9.17, 15) is 9.59 Å². The predicted octanol–water partition coefficient (Wildman–Crippen LogP) is 6.40. The molecule has 4 aromatic carbocycles. The van der Waals surface area contributed by atoms with Gasteiger partial charge in [0, 0.05) is 0 Å². The summed E-state index contributed by atoms with van der Waals surface area (Å²) in [6.07, 6.45) is 2.19. The van der Waals surface area contributed by atoms with E-state index in [1.54, 1.807) is 24.1 Å². The monoisotopic (exact) mass is 557 g/mol. The SMILES string of the molecule is COc1ccc(COc2cc(-c3cccc(-n4cnc5ccccc5c4=O)c3C)c3c(c2C(N)=O)CC(C)=C3C)cc1. The first-order valence-electron chi connectivity index (χ1n) is 13.8. The molecule has 0 bridgehead atoms. The standard InChI is InChI=1S/C35H31N3O4/c1-20-16-28-32(21(20)2)27(17-31(33(28)34(36)39)42-18-23-12-14-24(41-4)15-13-23)25-9-7-11-30(22(25)3)38-19-37-29-10-6-5-8-26(29)35(38)40/h5-15,17,19H,16,18H2,1-4H3,(H2,36,39). The first kappa shape index (κ1) is 27.0. The van der Waals surface area contributed by atoms with Crippen LogP contribution in [0.5, 0.6) is 11.5 Å². The number of para-hydroxylation sites is 1. The van der Waals surface area contributed by atoms with Crippen LogP contribution < -0.4 is 20.8 Å². The van der Waals surface area contributed by atoms with Crippen LogP contribution in [-0.2, 0) is 13.0 Å². The minimum Gasteiger partial charge on any atom is -0.497 e. The second-order valence-corrected chi connectivity index (χ2v) is 10.6. The molecular formula is C35H31N3O4. The molecule has 0 unspecified atom stereocenters. The van der Waals surface area contributed by atoms with Crippen molar-refractivity contribution in [2.75, 3.05) is 7.11 Å². The number of carbonyl (C=O) groups excluding carboxylic acids is 1. The predicted molar refractivity (Wildman–Crippen MR) is 165 cm³/mol. The van der Waals surface area contributed by atoms with Crippen LogP contribution in [0, 0.1) is 6.92 Å². The summed E-state index contributed by atoms with van der Waals surface area (Å²) in [5.74, 6) is 0.665. The molecule has 0 saturated heterocycles. The number of ether oxygens (including phenoxy) is 2. The third kappa shape index (κ3) is 4.53. The quantitative estimate of drug-likeness (QED) is 0.250. The number of nitrogens with zero attached hydrogens (tertiary/aromatic N) is 2. The molecule has 1 aliphatic carbocycles. The summed E-state index contributed by atoms with van der Waals surface area (Å²) in [4.78, 5) is 30.9. The molecule has 6 rings (SSSR count). The highest BCUT2D eigenvalue weighted by atomic mass is 16.5. The number of hydrogen-bond acceptors (Lipinski definition) is 5. The number of rotatable bonds is 7. The average molecular weight is 558 g/mol. The molecule has 7 nitrogen and oxygen atoms in total. The fraction of sp³-hybridized carbons (Fsp3) is 0.171. The van der Waals surface area contributed by atoms with Gasteiger partial charge in [-0.25, -0.2) is 4.98 Å². The van der Waals surface area contributed by atoms with Crippen molar-refractivity contribution in [2.24, 2.45) is 5.73 Å². The number of primary amides is 1. The Morgan fingerprint density at radius 2 is 1.74 bits per heavy atom. The van der Waals surface area contributed by atoms with Crippen molar-refractivity contribution < 1.29 is 14.3 Å². The molecule has 0 saturated carbocycles. The maximum atomic E-state index is 13.5. The molecule has 210 valence electrons. The molecule has 1 heterocycles. The number of hydrogen-bond donors (Lipinski definition) is 1. The third-order valence-electron chi connectivity index (χ3n) is 8.17. The molecule has 0 atom stereocenters. The number of fused-ring (bicyclic) bond motifs is 2. The number of methoxy groups -OCH3 is 1. The van der Waals surface area contributed by atoms with Crippen LogP contribution in [0.15, 0.2) is 89.5 Å². The van der Waals surface area contributed by atoms with Crippen molar-refractivity contribution in [3.8, 4) is 28.3 Å². The van der Waals surface area contributed by atoms with E-state index < -0.39 is 5.91 Å². The minimum atomic E-state index is -0.524.